The molecule has 0 unspecified atom stereocenters. The Hall–Kier alpha value is -3.96. The van der Waals surface area contributed by atoms with E-state index in [2.05, 4.69) is 14.9 Å². The molecule has 0 spiro atoms. The van der Waals surface area contributed by atoms with Crippen molar-refractivity contribution in [2.45, 2.75) is 18.9 Å². The normalized spacial score (nSPS) is 14.5. The van der Waals surface area contributed by atoms with Gasteiger partial charge in [-0.1, -0.05) is 12.1 Å². The van der Waals surface area contributed by atoms with Crippen LogP contribution in [0.1, 0.15) is 18.4 Å². The predicted molar refractivity (Wildman–Crippen MR) is 123 cm³/mol. The van der Waals surface area contributed by atoms with Gasteiger partial charge in [0.2, 0.25) is 0 Å². The molecule has 0 aliphatic carbocycles. The van der Waals surface area contributed by atoms with Gasteiger partial charge in [-0.2, -0.15) is 5.26 Å². The summed E-state index contributed by atoms with van der Waals surface area (Å²) in [6.45, 7) is 1.33. The molecular formula is C25H21F2N5O. The third kappa shape index (κ3) is 3.66. The number of phenols is 1. The first-order valence-electron chi connectivity index (χ1n) is 10.7. The van der Waals surface area contributed by atoms with Crippen molar-refractivity contribution in [3.8, 4) is 34.1 Å². The number of para-hydroxylation sites is 1. The van der Waals surface area contributed by atoms with Crippen LogP contribution in [0, 0.1) is 23.0 Å². The number of nitrogens with one attached hydrogen (secondary N) is 1. The van der Waals surface area contributed by atoms with Crippen LogP contribution in [-0.4, -0.2) is 34.2 Å². The molecule has 0 saturated carbocycles. The molecule has 0 atom stereocenters. The second-order valence-corrected chi connectivity index (χ2v) is 8.24. The van der Waals surface area contributed by atoms with E-state index in [1.807, 2.05) is 6.07 Å². The number of halogens is 2. The van der Waals surface area contributed by atoms with Crippen molar-refractivity contribution in [3.05, 3.63) is 66.0 Å². The molecule has 2 aromatic carbocycles. The number of nitrogens with zero attached hydrogens (tertiary/aromatic N) is 3. The minimum atomic E-state index is -0.676. The van der Waals surface area contributed by atoms with Crippen LogP contribution in [0.2, 0.25) is 0 Å². The van der Waals surface area contributed by atoms with Crippen LogP contribution in [-0.2, 0) is 0 Å². The number of nitrogens with two attached hydrogens (primary N) is 1. The SMILES string of the molecule is N#Cc1cccc(-c2c[nH]c3ncc(-c4cc(F)cc(F)c4)c(N4CCC(N)CC4)c23)c1O. The van der Waals surface area contributed by atoms with Crippen molar-refractivity contribution in [2.75, 3.05) is 18.0 Å². The van der Waals surface area contributed by atoms with Crippen LogP contribution < -0.4 is 10.6 Å². The molecule has 33 heavy (non-hydrogen) atoms. The molecule has 2 aromatic heterocycles. The first-order chi connectivity index (χ1) is 16.0. The Labute approximate surface area is 188 Å². The summed E-state index contributed by atoms with van der Waals surface area (Å²) < 4.78 is 28.2. The number of hydrogen-bond acceptors (Lipinski definition) is 5. The number of piperidine rings is 1. The molecule has 1 fully saturated rings. The summed E-state index contributed by atoms with van der Waals surface area (Å²) in [4.78, 5) is 9.79. The number of anilines is 1. The second-order valence-electron chi connectivity index (χ2n) is 8.24. The molecule has 0 bridgehead atoms. The van der Waals surface area contributed by atoms with Gasteiger partial charge in [-0.3, -0.25) is 0 Å². The van der Waals surface area contributed by atoms with Crippen LogP contribution >= 0.6 is 0 Å². The van der Waals surface area contributed by atoms with Crippen molar-refractivity contribution in [3.63, 3.8) is 0 Å². The monoisotopic (exact) mass is 445 g/mol. The number of aromatic nitrogens is 2. The van der Waals surface area contributed by atoms with Gasteiger partial charge in [-0.15, -0.1) is 0 Å². The molecule has 4 aromatic rings. The average molecular weight is 445 g/mol. The largest absolute Gasteiger partial charge is 0.506 e. The summed E-state index contributed by atoms with van der Waals surface area (Å²) in [5.41, 5.74) is 9.67. The van der Waals surface area contributed by atoms with Crippen LogP contribution in [0.25, 0.3) is 33.3 Å². The van der Waals surface area contributed by atoms with E-state index in [0.717, 1.165) is 24.6 Å². The number of rotatable bonds is 3. The van der Waals surface area contributed by atoms with Gasteiger partial charge >= 0.3 is 0 Å². The Morgan fingerprint density at radius 1 is 1.09 bits per heavy atom. The highest BCUT2D eigenvalue weighted by Gasteiger charge is 2.26. The highest BCUT2D eigenvalue weighted by molar-refractivity contribution is 6.08. The van der Waals surface area contributed by atoms with E-state index < -0.39 is 11.6 Å². The molecular weight excluding hydrogens is 424 g/mol. The van der Waals surface area contributed by atoms with Crippen molar-refractivity contribution in [1.29, 1.82) is 5.26 Å². The topological polar surface area (TPSA) is 102 Å². The van der Waals surface area contributed by atoms with Crippen LogP contribution in [0.3, 0.4) is 0 Å². The fraction of sp³-hybridized carbons (Fsp3) is 0.200. The average Bonchev–Trinajstić information content (AvgIpc) is 3.22. The third-order valence-corrected chi connectivity index (χ3v) is 6.15. The number of nitriles is 1. The number of H-pyrrole nitrogens is 1. The lowest BCUT2D eigenvalue weighted by Crippen LogP contribution is -2.40. The maximum atomic E-state index is 14.1. The highest BCUT2D eigenvalue weighted by Crippen LogP contribution is 2.44. The summed E-state index contributed by atoms with van der Waals surface area (Å²) in [5.74, 6) is -1.48. The number of phenolic OH excluding ortho intramolecular Hbond substituents is 1. The number of pyridine rings is 1. The Morgan fingerprint density at radius 3 is 2.52 bits per heavy atom. The molecule has 0 amide bonds. The third-order valence-electron chi connectivity index (χ3n) is 6.15. The Bertz CT molecular complexity index is 1380. The first kappa shape index (κ1) is 20.9. The van der Waals surface area contributed by atoms with Gasteiger partial charge < -0.3 is 20.7 Å². The standard InChI is InChI=1S/C25H21F2N5O/c26-16-8-15(9-17(27)10-16)20-12-30-25-22(23(20)32-6-4-18(29)5-7-32)21(13-31-25)19-3-1-2-14(11-28)24(19)33/h1-3,8-10,12-13,18,33H,4-7,29H2,(H,30,31). The van der Waals surface area contributed by atoms with E-state index >= 15 is 0 Å². The van der Waals surface area contributed by atoms with Gasteiger partial charge in [0.1, 0.15) is 29.1 Å². The minimum absolute atomic E-state index is 0.0932. The summed E-state index contributed by atoms with van der Waals surface area (Å²) in [7, 11) is 0. The number of fused-ring (bicyclic) bond motifs is 1. The number of hydrogen-bond donors (Lipinski definition) is 3. The summed E-state index contributed by atoms with van der Waals surface area (Å²) in [6.07, 6.45) is 4.88. The summed E-state index contributed by atoms with van der Waals surface area (Å²) in [5, 5.41) is 20.8. The zero-order chi connectivity index (χ0) is 23.1. The molecule has 0 radical (unpaired) electrons. The molecule has 1 aliphatic heterocycles. The molecule has 5 rings (SSSR count). The number of aromatic amines is 1. The van der Waals surface area contributed by atoms with Crippen molar-refractivity contribution >= 4 is 16.7 Å². The predicted octanol–water partition coefficient (Wildman–Crippen LogP) is 4.68. The van der Waals surface area contributed by atoms with E-state index in [4.69, 9.17) is 5.73 Å². The van der Waals surface area contributed by atoms with Gasteiger partial charge in [0, 0.05) is 54.3 Å². The zero-order valence-electron chi connectivity index (χ0n) is 17.6. The first-order valence-corrected chi connectivity index (χ1v) is 10.7. The zero-order valence-corrected chi connectivity index (χ0v) is 17.6. The lowest BCUT2D eigenvalue weighted by Gasteiger charge is -2.34. The smallest absolute Gasteiger partial charge is 0.141 e. The van der Waals surface area contributed by atoms with E-state index in [9.17, 15) is 19.1 Å². The van der Waals surface area contributed by atoms with Gasteiger partial charge in [0.25, 0.3) is 0 Å². The van der Waals surface area contributed by atoms with Gasteiger partial charge in [0.15, 0.2) is 0 Å². The van der Waals surface area contributed by atoms with Crippen molar-refractivity contribution in [1.82, 2.24) is 9.97 Å². The highest BCUT2D eigenvalue weighted by atomic mass is 19.1. The van der Waals surface area contributed by atoms with E-state index in [0.29, 0.717) is 46.4 Å². The van der Waals surface area contributed by atoms with Crippen LogP contribution in [0.4, 0.5) is 14.5 Å². The van der Waals surface area contributed by atoms with Gasteiger partial charge in [-0.05, 0) is 36.6 Å². The number of aromatic hydroxyl groups is 1. The summed E-state index contributed by atoms with van der Waals surface area (Å²) >= 11 is 0. The lowest BCUT2D eigenvalue weighted by atomic mass is 9.95. The molecule has 8 heteroatoms. The molecule has 3 heterocycles. The maximum absolute atomic E-state index is 14.1. The molecule has 1 aliphatic rings. The molecule has 4 N–H and O–H groups in total. The van der Waals surface area contributed by atoms with Crippen LogP contribution in [0.5, 0.6) is 5.75 Å². The Morgan fingerprint density at radius 2 is 1.82 bits per heavy atom. The molecule has 166 valence electrons. The number of benzene rings is 2. The van der Waals surface area contributed by atoms with E-state index in [1.54, 1.807) is 30.6 Å². The van der Waals surface area contributed by atoms with Crippen LogP contribution in [0.15, 0.2) is 48.8 Å². The fourth-order valence-corrected chi connectivity index (χ4v) is 4.51. The molecule has 6 nitrogen and oxygen atoms in total. The van der Waals surface area contributed by atoms with E-state index in [-0.39, 0.29) is 17.4 Å². The minimum Gasteiger partial charge on any atom is -0.506 e. The lowest BCUT2D eigenvalue weighted by molar-refractivity contribution is 0.475. The fourth-order valence-electron chi connectivity index (χ4n) is 4.51. The maximum Gasteiger partial charge on any atom is 0.141 e. The quantitative estimate of drug-likeness (QED) is 0.425. The summed E-state index contributed by atoms with van der Waals surface area (Å²) in [6, 6.07) is 10.5. The van der Waals surface area contributed by atoms with Crippen molar-refractivity contribution in [2.24, 2.45) is 5.73 Å². The molecule has 1 saturated heterocycles. The van der Waals surface area contributed by atoms with Gasteiger partial charge in [0.05, 0.1) is 16.6 Å². The van der Waals surface area contributed by atoms with Crippen molar-refractivity contribution < 1.29 is 13.9 Å². The van der Waals surface area contributed by atoms with E-state index in [1.165, 1.54) is 12.1 Å². The van der Waals surface area contributed by atoms with Gasteiger partial charge in [-0.25, -0.2) is 13.8 Å². The Balaban J connectivity index is 1.81. The second kappa shape index (κ2) is 8.19. The Kier molecular flexibility index (Phi) is 5.19.